The number of aldehydes is 1. The Kier molecular flexibility index (Phi) is 6.68. The number of nitrogens with zero attached hydrogens (tertiary/aromatic N) is 2. The molecule has 2 aliphatic heterocycles. The standard InChI is InChI=1S/C24H28N4O8/c1-32-16-6-20(33-2)18(9-29)21(7-16)35-12-23(30)25-22-8-19(26-27-22)13-3-17(4-13)36-24(31)28-14-5-15(28)11-34-10-14/h6-9,13-15,17H,3-5,10-12H2,1-2H3,(H2,25,26,27,30)/t13?,14-,15-,17?/m0/s1. The molecule has 1 aromatic carbocycles. The molecule has 1 aromatic heterocycles. The highest BCUT2D eigenvalue weighted by molar-refractivity contribution is 5.91. The van der Waals surface area contributed by atoms with Gasteiger partial charge in [0, 0.05) is 29.8 Å². The number of fused-ring (bicyclic) bond motifs is 2. The number of amides is 2. The topological polar surface area (TPSA) is 141 Å². The number of nitrogens with one attached hydrogen (secondary N) is 2. The summed E-state index contributed by atoms with van der Waals surface area (Å²) in [5.41, 5.74) is 1.03. The maximum Gasteiger partial charge on any atom is 0.410 e. The van der Waals surface area contributed by atoms with Crippen LogP contribution < -0.4 is 19.5 Å². The van der Waals surface area contributed by atoms with E-state index >= 15 is 0 Å². The highest BCUT2D eigenvalue weighted by atomic mass is 16.6. The third-order valence-electron chi connectivity index (χ3n) is 6.84. The van der Waals surface area contributed by atoms with Gasteiger partial charge in [0.25, 0.3) is 5.91 Å². The van der Waals surface area contributed by atoms with E-state index in [0.29, 0.717) is 43.9 Å². The molecule has 2 atom stereocenters. The largest absolute Gasteiger partial charge is 0.496 e. The zero-order chi connectivity index (χ0) is 25.2. The van der Waals surface area contributed by atoms with Gasteiger partial charge >= 0.3 is 6.09 Å². The van der Waals surface area contributed by atoms with E-state index < -0.39 is 5.91 Å². The Bertz CT molecular complexity index is 1130. The lowest BCUT2D eigenvalue weighted by Crippen LogP contribution is -2.66. The molecule has 0 spiro atoms. The molecule has 2 saturated heterocycles. The Morgan fingerprint density at radius 1 is 1.14 bits per heavy atom. The van der Waals surface area contributed by atoms with Gasteiger partial charge in [-0.25, -0.2) is 4.79 Å². The smallest absolute Gasteiger partial charge is 0.410 e. The minimum absolute atomic E-state index is 0.133. The molecule has 192 valence electrons. The molecule has 0 unspecified atom stereocenters. The van der Waals surface area contributed by atoms with Crippen LogP contribution in [0.15, 0.2) is 18.2 Å². The number of carbonyl (C=O) groups is 3. The average molecular weight is 501 g/mol. The number of benzene rings is 1. The van der Waals surface area contributed by atoms with Gasteiger partial charge in [-0.1, -0.05) is 0 Å². The van der Waals surface area contributed by atoms with E-state index in [-0.39, 0.29) is 53.9 Å². The number of rotatable bonds is 9. The Morgan fingerprint density at radius 2 is 1.89 bits per heavy atom. The van der Waals surface area contributed by atoms with Crippen molar-refractivity contribution in [1.29, 1.82) is 0 Å². The summed E-state index contributed by atoms with van der Waals surface area (Å²) in [5, 5.41) is 9.74. The van der Waals surface area contributed by atoms with Crippen LogP contribution in [0.1, 0.15) is 41.2 Å². The van der Waals surface area contributed by atoms with Gasteiger partial charge in [0.2, 0.25) is 0 Å². The van der Waals surface area contributed by atoms with E-state index in [1.54, 1.807) is 17.0 Å². The van der Waals surface area contributed by atoms with Crippen molar-refractivity contribution in [2.75, 3.05) is 39.4 Å². The molecule has 2 amide bonds. The quantitative estimate of drug-likeness (QED) is 0.495. The van der Waals surface area contributed by atoms with Crippen LogP contribution in [0.25, 0.3) is 0 Å². The number of aromatic nitrogens is 2. The summed E-state index contributed by atoms with van der Waals surface area (Å²) < 4.78 is 27.0. The summed E-state index contributed by atoms with van der Waals surface area (Å²) in [6, 6.07) is 5.10. The number of ether oxygens (including phenoxy) is 5. The van der Waals surface area contributed by atoms with E-state index in [1.165, 1.54) is 20.3 Å². The summed E-state index contributed by atoms with van der Waals surface area (Å²) in [6.07, 6.45) is 2.57. The Balaban J connectivity index is 1.09. The normalized spacial score (nSPS) is 24.1. The van der Waals surface area contributed by atoms with Crippen molar-refractivity contribution in [3.63, 3.8) is 0 Å². The van der Waals surface area contributed by atoms with Crippen molar-refractivity contribution in [3.8, 4) is 17.2 Å². The van der Waals surface area contributed by atoms with Gasteiger partial charge in [-0.05, 0) is 19.3 Å². The number of methoxy groups -OCH3 is 2. The second kappa shape index (κ2) is 10.1. The van der Waals surface area contributed by atoms with Crippen LogP contribution in [-0.4, -0.2) is 85.6 Å². The van der Waals surface area contributed by atoms with Crippen molar-refractivity contribution in [1.82, 2.24) is 15.1 Å². The molecule has 12 heteroatoms. The minimum atomic E-state index is -0.448. The predicted octanol–water partition coefficient (Wildman–Crippen LogP) is 2.11. The number of morpholine rings is 1. The monoisotopic (exact) mass is 500 g/mol. The Morgan fingerprint density at radius 3 is 2.56 bits per heavy atom. The first kappa shape index (κ1) is 23.9. The SMILES string of the molecule is COc1cc(OC)c(C=O)c(OCC(=O)Nc2cc(C3CC(OC(=O)N4[C@@H]5COC[C@@H]4C5)C3)[nH]n2)c1. The van der Waals surface area contributed by atoms with Crippen molar-refractivity contribution >= 4 is 24.1 Å². The minimum Gasteiger partial charge on any atom is -0.496 e. The lowest BCUT2D eigenvalue weighted by atomic mass is 9.80. The molecular formula is C24H28N4O8. The van der Waals surface area contributed by atoms with Crippen molar-refractivity contribution in [3.05, 3.63) is 29.5 Å². The van der Waals surface area contributed by atoms with E-state index in [0.717, 1.165) is 12.1 Å². The fourth-order valence-electron chi connectivity index (χ4n) is 4.79. The van der Waals surface area contributed by atoms with Crippen molar-refractivity contribution < 1.29 is 38.1 Å². The van der Waals surface area contributed by atoms with Gasteiger partial charge in [0.05, 0.1) is 45.1 Å². The molecule has 2 bridgehead atoms. The van der Waals surface area contributed by atoms with Crippen molar-refractivity contribution in [2.24, 2.45) is 0 Å². The van der Waals surface area contributed by atoms with E-state index in [4.69, 9.17) is 23.7 Å². The van der Waals surface area contributed by atoms with Gasteiger partial charge in [-0.2, -0.15) is 5.10 Å². The second-order valence-corrected chi connectivity index (χ2v) is 9.07. The molecule has 2 N–H and O–H groups in total. The van der Waals surface area contributed by atoms with Gasteiger partial charge in [0.1, 0.15) is 23.4 Å². The number of carbonyl (C=O) groups excluding carboxylic acids is 3. The molecule has 0 radical (unpaired) electrons. The van der Waals surface area contributed by atoms with Crippen LogP contribution in [0.2, 0.25) is 0 Å². The number of aromatic amines is 1. The lowest BCUT2D eigenvalue weighted by molar-refractivity contribution is -0.121. The fraction of sp³-hybridized carbons (Fsp3) is 0.500. The molecule has 12 nitrogen and oxygen atoms in total. The van der Waals surface area contributed by atoms with Crippen LogP contribution in [0.3, 0.4) is 0 Å². The fourth-order valence-corrected chi connectivity index (χ4v) is 4.79. The zero-order valence-corrected chi connectivity index (χ0v) is 20.0. The number of hydrogen-bond donors (Lipinski definition) is 2. The number of H-pyrrole nitrogens is 1. The van der Waals surface area contributed by atoms with E-state index in [1.807, 2.05) is 0 Å². The summed E-state index contributed by atoms with van der Waals surface area (Å²) in [6.45, 7) is 0.821. The molecule has 1 saturated carbocycles. The van der Waals surface area contributed by atoms with Crippen LogP contribution >= 0.6 is 0 Å². The summed E-state index contributed by atoms with van der Waals surface area (Å²) in [4.78, 5) is 38.1. The summed E-state index contributed by atoms with van der Waals surface area (Å²) in [5.74, 6) is 0.945. The first-order chi connectivity index (χ1) is 17.5. The molecule has 3 aliphatic rings. The third kappa shape index (κ3) is 4.68. The van der Waals surface area contributed by atoms with Crippen LogP contribution in [-0.2, 0) is 14.3 Å². The summed E-state index contributed by atoms with van der Waals surface area (Å²) in [7, 11) is 2.90. The molecule has 36 heavy (non-hydrogen) atoms. The third-order valence-corrected chi connectivity index (χ3v) is 6.84. The van der Waals surface area contributed by atoms with Crippen LogP contribution in [0.4, 0.5) is 10.6 Å². The van der Waals surface area contributed by atoms with Gasteiger partial charge in [-0.15, -0.1) is 0 Å². The first-order valence-corrected chi connectivity index (χ1v) is 11.7. The summed E-state index contributed by atoms with van der Waals surface area (Å²) >= 11 is 0. The molecule has 3 fully saturated rings. The maximum absolute atomic E-state index is 12.4. The number of hydrogen-bond acceptors (Lipinski definition) is 9. The molecule has 2 aromatic rings. The lowest BCUT2D eigenvalue weighted by Gasteiger charge is -2.51. The highest BCUT2D eigenvalue weighted by Gasteiger charge is 2.47. The molecule has 1 aliphatic carbocycles. The van der Waals surface area contributed by atoms with Crippen LogP contribution in [0.5, 0.6) is 17.2 Å². The zero-order valence-electron chi connectivity index (χ0n) is 20.0. The molecule has 3 heterocycles. The van der Waals surface area contributed by atoms with Gasteiger partial charge in [-0.3, -0.25) is 19.6 Å². The second-order valence-electron chi connectivity index (χ2n) is 9.07. The Labute approximate surface area is 207 Å². The van der Waals surface area contributed by atoms with Gasteiger partial charge < -0.3 is 29.0 Å². The van der Waals surface area contributed by atoms with Crippen LogP contribution in [0, 0.1) is 0 Å². The average Bonchev–Trinajstić information content (AvgIpc) is 3.31. The molecule has 5 rings (SSSR count). The number of anilines is 1. The highest BCUT2D eigenvalue weighted by Crippen LogP contribution is 2.40. The van der Waals surface area contributed by atoms with Gasteiger partial charge in [0.15, 0.2) is 18.7 Å². The van der Waals surface area contributed by atoms with E-state index in [9.17, 15) is 14.4 Å². The Hall–Kier alpha value is -3.80. The first-order valence-electron chi connectivity index (χ1n) is 11.7. The van der Waals surface area contributed by atoms with Crippen molar-refractivity contribution in [2.45, 2.75) is 43.4 Å². The van der Waals surface area contributed by atoms with E-state index in [2.05, 4.69) is 15.5 Å². The predicted molar refractivity (Wildman–Crippen MR) is 125 cm³/mol. The molecular weight excluding hydrogens is 472 g/mol. The maximum atomic E-state index is 12.4.